The third-order valence-corrected chi connectivity index (χ3v) is 5.78. The van der Waals surface area contributed by atoms with Crippen LogP contribution in [0.25, 0.3) is 0 Å². The van der Waals surface area contributed by atoms with E-state index in [-0.39, 0.29) is 11.3 Å². The van der Waals surface area contributed by atoms with Crippen LogP contribution in [0.2, 0.25) is 0 Å². The van der Waals surface area contributed by atoms with E-state index in [1.165, 1.54) is 12.1 Å². The summed E-state index contributed by atoms with van der Waals surface area (Å²) in [5, 5.41) is 21.7. The minimum absolute atomic E-state index is 0.0211. The number of allylic oxidation sites excluding steroid dienone is 2. The van der Waals surface area contributed by atoms with Crippen LogP contribution in [0.15, 0.2) is 44.5 Å². The second-order valence-electron chi connectivity index (χ2n) is 3.46. The highest BCUT2D eigenvalue weighted by molar-refractivity contribution is 9.14. The standard InChI is InChI=1S/C11H8BrNO4S/c12-10-2-1-5-18(10)9-4-3-7(13(16)17)6-8(9)11(14)15/h1-6,18H,(H,14,15). The number of hydrogen-bond acceptors (Lipinski definition) is 3. The van der Waals surface area contributed by atoms with Crippen LogP contribution in [0.3, 0.4) is 0 Å². The van der Waals surface area contributed by atoms with Crippen molar-refractivity contribution in [3.8, 4) is 0 Å². The lowest BCUT2D eigenvalue weighted by Crippen LogP contribution is -2.02. The average Bonchev–Trinajstić information content (AvgIpc) is 2.74. The highest BCUT2D eigenvalue weighted by atomic mass is 79.9. The number of aromatic carboxylic acids is 1. The van der Waals surface area contributed by atoms with Crippen molar-refractivity contribution in [3.63, 3.8) is 0 Å². The van der Waals surface area contributed by atoms with Crippen LogP contribution in [-0.4, -0.2) is 16.0 Å². The molecule has 0 aliphatic carbocycles. The van der Waals surface area contributed by atoms with Crippen LogP contribution in [0.5, 0.6) is 0 Å². The maximum atomic E-state index is 11.2. The van der Waals surface area contributed by atoms with Crippen LogP contribution in [0, 0.1) is 10.1 Å². The zero-order chi connectivity index (χ0) is 13.3. The zero-order valence-corrected chi connectivity index (χ0v) is 11.4. The topological polar surface area (TPSA) is 80.4 Å². The normalized spacial score (nSPS) is 19.6. The fourth-order valence-corrected chi connectivity index (χ4v) is 4.35. The van der Waals surface area contributed by atoms with E-state index in [1.807, 2.05) is 17.6 Å². The van der Waals surface area contributed by atoms with Crippen molar-refractivity contribution in [2.75, 3.05) is 0 Å². The molecule has 0 radical (unpaired) electrons. The molecule has 94 valence electrons. The number of hydrogen-bond donors (Lipinski definition) is 2. The molecular formula is C11H8BrNO4S. The monoisotopic (exact) mass is 329 g/mol. The molecule has 7 heteroatoms. The third kappa shape index (κ3) is 2.32. The van der Waals surface area contributed by atoms with E-state index < -0.39 is 21.8 Å². The van der Waals surface area contributed by atoms with Crippen molar-refractivity contribution in [2.45, 2.75) is 4.90 Å². The smallest absolute Gasteiger partial charge is 0.337 e. The first kappa shape index (κ1) is 12.8. The van der Waals surface area contributed by atoms with E-state index >= 15 is 0 Å². The number of carbonyl (C=O) groups is 1. The van der Waals surface area contributed by atoms with Crippen molar-refractivity contribution >= 4 is 38.5 Å². The maximum Gasteiger partial charge on any atom is 0.337 e. The minimum Gasteiger partial charge on any atom is -0.478 e. The molecule has 0 amide bonds. The van der Waals surface area contributed by atoms with Crippen molar-refractivity contribution in [3.05, 3.63) is 55.3 Å². The molecular weight excluding hydrogens is 322 g/mol. The van der Waals surface area contributed by atoms with E-state index in [0.717, 1.165) is 9.88 Å². The van der Waals surface area contributed by atoms with E-state index in [2.05, 4.69) is 15.9 Å². The Morgan fingerprint density at radius 2 is 2.17 bits per heavy atom. The molecule has 5 nitrogen and oxygen atoms in total. The predicted octanol–water partition coefficient (Wildman–Crippen LogP) is 3.42. The van der Waals surface area contributed by atoms with E-state index in [9.17, 15) is 14.9 Å². The van der Waals surface area contributed by atoms with Crippen LogP contribution < -0.4 is 0 Å². The second kappa shape index (κ2) is 4.95. The highest BCUT2D eigenvalue weighted by Crippen LogP contribution is 2.52. The summed E-state index contributed by atoms with van der Waals surface area (Å²) in [5.74, 6) is -1.16. The van der Waals surface area contributed by atoms with Crippen LogP contribution in [-0.2, 0) is 0 Å². The summed E-state index contributed by atoms with van der Waals surface area (Å²) >= 11 is 3.37. The Morgan fingerprint density at radius 1 is 1.44 bits per heavy atom. The Morgan fingerprint density at radius 3 is 2.67 bits per heavy atom. The van der Waals surface area contributed by atoms with Gasteiger partial charge in [-0.15, -0.1) is 0 Å². The molecule has 0 saturated carbocycles. The molecule has 1 aromatic rings. The lowest BCUT2D eigenvalue weighted by Gasteiger charge is -2.16. The van der Waals surface area contributed by atoms with Crippen LogP contribution >= 0.6 is 26.8 Å². The van der Waals surface area contributed by atoms with Crippen molar-refractivity contribution in [1.82, 2.24) is 0 Å². The third-order valence-electron chi connectivity index (χ3n) is 2.38. The first-order valence-corrected chi connectivity index (χ1v) is 7.06. The molecule has 0 fully saturated rings. The maximum absolute atomic E-state index is 11.2. The second-order valence-corrected chi connectivity index (χ2v) is 6.93. The van der Waals surface area contributed by atoms with Crippen LogP contribution in [0.1, 0.15) is 10.4 Å². The molecule has 18 heavy (non-hydrogen) atoms. The Balaban J connectivity index is 2.54. The summed E-state index contributed by atoms with van der Waals surface area (Å²) in [6.45, 7) is 0. The van der Waals surface area contributed by atoms with Gasteiger partial charge in [0.05, 0.1) is 10.5 Å². The van der Waals surface area contributed by atoms with E-state index in [1.54, 1.807) is 0 Å². The number of non-ortho nitro benzene ring substituents is 1. The van der Waals surface area contributed by atoms with Gasteiger partial charge < -0.3 is 5.11 Å². The van der Waals surface area contributed by atoms with Gasteiger partial charge in [0.1, 0.15) is 0 Å². The Hall–Kier alpha value is -1.60. The quantitative estimate of drug-likeness (QED) is 0.506. The van der Waals surface area contributed by atoms with Crippen molar-refractivity contribution < 1.29 is 14.8 Å². The van der Waals surface area contributed by atoms with E-state index in [4.69, 9.17) is 5.11 Å². The van der Waals surface area contributed by atoms with Gasteiger partial charge >= 0.3 is 5.97 Å². The summed E-state index contributed by atoms with van der Waals surface area (Å²) in [4.78, 5) is 21.8. The lowest BCUT2D eigenvalue weighted by atomic mass is 10.2. The number of nitro benzene ring substituents is 1. The number of halogens is 1. The molecule has 1 aliphatic rings. The molecule has 1 aliphatic heterocycles. The van der Waals surface area contributed by atoms with Gasteiger partial charge in [0, 0.05) is 20.8 Å². The number of benzene rings is 1. The van der Waals surface area contributed by atoms with Crippen LogP contribution in [0.4, 0.5) is 5.69 Å². The van der Waals surface area contributed by atoms with Gasteiger partial charge in [0.25, 0.3) is 5.69 Å². The number of thiol groups is 1. The zero-order valence-electron chi connectivity index (χ0n) is 8.91. The molecule has 1 atom stereocenters. The van der Waals surface area contributed by atoms with Gasteiger partial charge in [-0.1, -0.05) is 6.08 Å². The molecule has 0 saturated heterocycles. The number of nitrogens with zero attached hydrogens (tertiary/aromatic N) is 1. The number of carboxylic acids is 1. The molecule has 0 bridgehead atoms. The molecule has 0 aromatic heterocycles. The number of nitro groups is 1. The largest absolute Gasteiger partial charge is 0.478 e. The summed E-state index contributed by atoms with van der Waals surface area (Å²) < 4.78 is 0.897. The first-order chi connectivity index (χ1) is 8.50. The van der Waals surface area contributed by atoms with Crippen molar-refractivity contribution in [2.24, 2.45) is 0 Å². The SMILES string of the molecule is O=C(O)c1cc([N+](=O)[O-])ccc1[SH]1C=CC=C1Br. The fraction of sp³-hybridized carbons (Fsp3) is 0. The minimum atomic E-state index is -1.16. The molecule has 1 aromatic carbocycles. The van der Waals surface area contributed by atoms with Gasteiger partial charge in [0.2, 0.25) is 0 Å². The van der Waals surface area contributed by atoms with Gasteiger partial charge in [0.15, 0.2) is 0 Å². The predicted molar refractivity (Wildman–Crippen MR) is 73.5 cm³/mol. The summed E-state index contributed by atoms with van der Waals surface area (Å²) in [6.07, 6.45) is 3.68. The van der Waals surface area contributed by atoms with Gasteiger partial charge in [-0.25, -0.2) is 4.79 Å². The molecule has 0 spiro atoms. The van der Waals surface area contributed by atoms with Gasteiger partial charge in [-0.3, -0.25) is 10.1 Å². The number of carboxylic acid groups (broad SMARTS) is 1. The lowest BCUT2D eigenvalue weighted by molar-refractivity contribution is -0.384. The summed E-state index contributed by atoms with van der Waals surface area (Å²) in [5.41, 5.74) is -0.235. The average molecular weight is 330 g/mol. The Bertz CT molecular complexity index is 597. The molecule has 1 heterocycles. The first-order valence-electron chi connectivity index (χ1n) is 4.85. The van der Waals surface area contributed by atoms with E-state index in [0.29, 0.717) is 4.90 Å². The highest BCUT2D eigenvalue weighted by Gasteiger charge is 2.21. The molecule has 1 N–H and O–H groups in total. The van der Waals surface area contributed by atoms with Gasteiger partial charge in [-0.2, -0.15) is 10.9 Å². The Labute approximate surface area is 113 Å². The summed E-state index contributed by atoms with van der Waals surface area (Å²) in [6, 6.07) is 3.95. The number of rotatable bonds is 3. The van der Waals surface area contributed by atoms with Gasteiger partial charge in [-0.05, 0) is 33.5 Å². The summed E-state index contributed by atoms with van der Waals surface area (Å²) in [7, 11) is -0.893. The van der Waals surface area contributed by atoms with Crippen molar-refractivity contribution in [1.29, 1.82) is 0 Å². The fourth-order valence-electron chi connectivity index (χ4n) is 1.57. The Kier molecular flexibility index (Phi) is 3.53. The molecule has 1 unspecified atom stereocenters. The molecule has 2 rings (SSSR count).